The van der Waals surface area contributed by atoms with Gasteiger partial charge < -0.3 is 5.11 Å². The molecule has 1 nitrogen and oxygen atoms in total. The van der Waals surface area contributed by atoms with Crippen molar-refractivity contribution in [3.8, 4) is 5.75 Å². The summed E-state index contributed by atoms with van der Waals surface area (Å²) >= 11 is 3.33. The fourth-order valence-corrected chi connectivity index (χ4v) is 1.13. The minimum absolute atomic E-state index is 0. The molecule has 0 saturated carbocycles. The molecule has 0 saturated heterocycles. The molecule has 0 amide bonds. The van der Waals surface area contributed by atoms with Gasteiger partial charge in [0.05, 0.1) is 0 Å². The zero-order valence-electron chi connectivity index (χ0n) is 6.94. The van der Waals surface area contributed by atoms with Crippen molar-refractivity contribution in [2.24, 2.45) is 0 Å². The van der Waals surface area contributed by atoms with Gasteiger partial charge >= 0.3 is 51.4 Å². The summed E-state index contributed by atoms with van der Waals surface area (Å²) in [5.41, 5.74) is 1.90. The monoisotopic (exact) mass is 238 g/mol. The normalized spacial score (nSPS) is 9.00. The van der Waals surface area contributed by atoms with Gasteiger partial charge in [0.2, 0.25) is 0 Å². The van der Waals surface area contributed by atoms with Crippen molar-refractivity contribution >= 4 is 15.9 Å². The molecule has 0 aliphatic rings. The largest absolute Gasteiger partial charge is 1.00 e. The average Bonchev–Trinajstić information content (AvgIpc) is 1.93. The third-order valence-corrected chi connectivity index (χ3v) is 2.75. The Morgan fingerprint density at radius 2 is 1.82 bits per heavy atom. The van der Waals surface area contributed by atoms with Crippen molar-refractivity contribution in [2.75, 3.05) is 0 Å². The maximum Gasteiger partial charge on any atom is 1.00 e. The van der Waals surface area contributed by atoms with Gasteiger partial charge in [0, 0.05) is 4.47 Å². The summed E-state index contributed by atoms with van der Waals surface area (Å²) in [4.78, 5) is 0. The molecule has 0 atom stereocenters. The molecule has 0 N–H and O–H groups in total. The molecule has 0 heterocycles. The van der Waals surface area contributed by atoms with Crippen LogP contribution in [-0.2, 0) is 0 Å². The van der Waals surface area contributed by atoms with Gasteiger partial charge in [-0.1, -0.05) is 28.1 Å². The fourth-order valence-electron chi connectivity index (χ4n) is 0.803. The minimum atomic E-state index is 0. The molecule has 11 heavy (non-hydrogen) atoms. The quantitative estimate of drug-likeness (QED) is 0.540. The smallest absolute Gasteiger partial charge is 0.872 e. The maximum atomic E-state index is 11.0. The molecule has 1 rings (SSSR count). The van der Waals surface area contributed by atoms with Crippen molar-refractivity contribution < 1.29 is 56.5 Å². The van der Waals surface area contributed by atoms with Crippen LogP contribution in [0, 0.1) is 13.8 Å². The van der Waals surface area contributed by atoms with Crippen LogP contribution in [0.4, 0.5) is 0 Å². The Morgan fingerprint density at radius 3 is 2.27 bits per heavy atom. The second kappa shape index (κ2) is 4.99. The standard InChI is InChI=1S/C8H9BrO.K/c1-5-3-4-7(10)6(2)8(5)9;/h3-4,10H,1-2H3;/q;+1/p-1. The average molecular weight is 239 g/mol. The molecule has 3 heteroatoms. The second-order valence-electron chi connectivity index (χ2n) is 2.32. The first-order valence-electron chi connectivity index (χ1n) is 3.05. The number of rotatable bonds is 0. The molecule has 54 valence electrons. The van der Waals surface area contributed by atoms with E-state index in [-0.39, 0.29) is 57.1 Å². The molecule has 0 aromatic heterocycles. The third kappa shape index (κ3) is 2.83. The molecule has 0 radical (unpaired) electrons. The number of aryl methyl sites for hydroxylation is 1. The molecule has 0 aliphatic carbocycles. The van der Waals surface area contributed by atoms with Gasteiger partial charge in [0.15, 0.2) is 0 Å². The van der Waals surface area contributed by atoms with Gasteiger partial charge in [-0.15, -0.1) is 5.75 Å². The minimum Gasteiger partial charge on any atom is -0.872 e. The topological polar surface area (TPSA) is 23.1 Å². The molecular weight excluding hydrogens is 231 g/mol. The van der Waals surface area contributed by atoms with Gasteiger partial charge in [-0.2, -0.15) is 0 Å². The number of halogens is 1. The number of hydrogen-bond donors (Lipinski definition) is 0. The van der Waals surface area contributed by atoms with E-state index in [9.17, 15) is 5.11 Å². The van der Waals surface area contributed by atoms with Gasteiger partial charge in [-0.3, -0.25) is 0 Å². The predicted molar refractivity (Wildman–Crippen MR) is 43.1 cm³/mol. The molecule has 0 aliphatic heterocycles. The Bertz CT molecular complexity index is 234. The van der Waals surface area contributed by atoms with E-state index < -0.39 is 0 Å². The van der Waals surface area contributed by atoms with E-state index in [1.165, 1.54) is 0 Å². The fraction of sp³-hybridized carbons (Fsp3) is 0.250. The van der Waals surface area contributed by atoms with E-state index in [0.717, 1.165) is 15.6 Å². The zero-order chi connectivity index (χ0) is 7.72. The Kier molecular flexibility index (Phi) is 5.51. The molecule has 1 aromatic carbocycles. The summed E-state index contributed by atoms with van der Waals surface area (Å²) in [7, 11) is 0. The van der Waals surface area contributed by atoms with Gasteiger partial charge in [-0.25, -0.2) is 0 Å². The molecule has 0 unspecified atom stereocenters. The van der Waals surface area contributed by atoms with E-state index in [2.05, 4.69) is 15.9 Å². The van der Waals surface area contributed by atoms with Gasteiger partial charge in [0.25, 0.3) is 0 Å². The van der Waals surface area contributed by atoms with Crippen LogP contribution in [0.1, 0.15) is 11.1 Å². The molecule has 0 fully saturated rings. The first-order valence-corrected chi connectivity index (χ1v) is 3.85. The van der Waals surface area contributed by atoms with Crippen LogP contribution >= 0.6 is 15.9 Å². The Hall–Kier alpha value is 1.14. The van der Waals surface area contributed by atoms with E-state index in [0.29, 0.717) is 0 Å². The van der Waals surface area contributed by atoms with Crippen molar-refractivity contribution in [3.05, 3.63) is 27.7 Å². The van der Waals surface area contributed by atoms with Crippen molar-refractivity contribution in [1.82, 2.24) is 0 Å². The Balaban J connectivity index is 0.000001000. The van der Waals surface area contributed by atoms with Crippen LogP contribution in [0.15, 0.2) is 16.6 Å². The van der Waals surface area contributed by atoms with Crippen LogP contribution in [0.3, 0.4) is 0 Å². The van der Waals surface area contributed by atoms with E-state index in [4.69, 9.17) is 0 Å². The van der Waals surface area contributed by atoms with Crippen molar-refractivity contribution in [1.29, 1.82) is 0 Å². The van der Waals surface area contributed by atoms with Crippen LogP contribution in [0.25, 0.3) is 0 Å². The summed E-state index contributed by atoms with van der Waals surface area (Å²) in [5, 5.41) is 11.0. The van der Waals surface area contributed by atoms with Crippen molar-refractivity contribution in [2.45, 2.75) is 13.8 Å². The second-order valence-corrected chi connectivity index (χ2v) is 3.11. The van der Waals surface area contributed by atoms with E-state index in [1.54, 1.807) is 6.07 Å². The SMILES string of the molecule is Cc1ccc([O-])c(C)c1Br.[K+]. The van der Waals surface area contributed by atoms with Gasteiger partial charge in [0.1, 0.15) is 0 Å². The van der Waals surface area contributed by atoms with Gasteiger partial charge in [-0.05, 0) is 25.0 Å². The maximum absolute atomic E-state index is 11.0. The van der Waals surface area contributed by atoms with Crippen LogP contribution in [-0.4, -0.2) is 0 Å². The first-order chi connectivity index (χ1) is 4.63. The molecular formula is C8H8BrKO. The van der Waals surface area contributed by atoms with Crippen LogP contribution < -0.4 is 56.5 Å². The van der Waals surface area contributed by atoms with E-state index >= 15 is 0 Å². The zero-order valence-corrected chi connectivity index (χ0v) is 11.7. The summed E-state index contributed by atoms with van der Waals surface area (Å²) in [6.07, 6.45) is 0. The molecule has 0 spiro atoms. The molecule has 0 bridgehead atoms. The summed E-state index contributed by atoms with van der Waals surface area (Å²) in [5.74, 6) is 0.0949. The summed E-state index contributed by atoms with van der Waals surface area (Å²) in [6, 6.07) is 3.41. The first kappa shape index (κ1) is 12.1. The molecule has 1 aromatic rings. The van der Waals surface area contributed by atoms with Crippen LogP contribution in [0.5, 0.6) is 5.75 Å². The Labute approximate surface area is 118 Å². The van der Waals surface area contributed by atoms with E-state index in [1.807, 2.05) is 19.9 Å². The number of hydrogen-bond acceptors (Lipinski definition) is 1. The summed E-state index contributed by atoms with van der Waals surface area (Å²) < 4.78 is 0.931. The third-order valence-electron chi connectivity index (χ3n) is 1.53. The van der Waals surface area contributed by atoms with Crippen molar-refractivity contribution in [3.63, 3.8) is 0 Å². The summed E-state index contributed by atoms with van der Waals surface area (Å²) in [6.45, 7) is 3.79. The number of benzene rings is 1. The predicted octanol–water partition coefficient (Wildman–Crippen LogP) is -0.856. The Morgan fingerprint density at radius 1 is 1.27 bits per heavy atom. The van der Waals surface area contributed by atoms with Crippen LogP contribution in [0.2, 0.25) is 0 Å².